The lowest BCUT2D eigenvalue weighted by Crippen LogP contribution is -2.19. The molecule has 0 saturated heterocycles. The maximum Gasteiger partial charge on any atom is 0.130 e. The van der Waals surface area contributed by atoms with Gasteiger partial charge >= 0.3 is 0 Å². The standard InChI is InChI=1S/C9H11BrN2S/c1-2-3-12-8(5-11)9-4-7(10)6-13-9/h4,6,8,12H,2-3H2,1H3. The van der Waals surface area contributed by atoms with Crippen molar-refractivity contribution in [2.24, 2.45) is 0 Å². The van der Waals surface area contributed by atoms with Crippen molar-refractivity contribution in [3.8, 4) is 6.07 Å². The van der Waals surface area contributed by atoms with Gasteiger partial charge in [-0.2, -0.15) is 5.26 Å². The zero-order chi connectivity index (χ0) is 9.68. The van der Waals surface area contributed by atoms with Crippen LogP contribution in [0.3, 0.4) is 0 Å². The molecule has 0 fully saturated rings. The Hall–Kier alpha value is -0.370. The summed E-state index contributed by atoms with van der Waals surface area (Å²) >= 11 is 4.97. The van der Waals surface area contributed by atoms with Crippen LogP contribution in [0.5, 0.6) is 0 Å². The van der Waals surface area contributed by atoms with Crippen LogP contribution in [0.2, 0.25) is 0 Å². The van der Waals surface area contributed by atoms with Gasteiger partial charge in [-0.25, -0.2) is 0 Å². The molecule has 0 aliphatic rings. The number of hydrogen-bond donors (Lipinski definition) is 1. The first-order valence-corrected chi connectivity index (χ1v) is 5.82. The van der Waals surface area contributed by atoms with Crippen LogP contribution in [-0.2, 0) is 0 Å². The lowest BCUT2D eigenvalue weighted by molar-refractivity contribution is 0.628. The van der Waals surface area contributed by atoms with Crippen LogP contribution in [-0.4, -0.2) is 6.54 Å². The van der Waals surface area contributed by atoms with Gasteiger partial charge in [0.1, 0.15) is 6.04 Å². The van der Waals surface area contributed by atoms with Gasteiger partial charge in [0, 0.05) is 14.7 Å². The van der Waals surface area contributed by atoms with Crippen molar-refractivity contribution in [1.82, 2.24) is 5.32 Å². The van der Waals surface area contributed by atoms with E-state index in [0.717, 1.165) is 22.3 Å². The zero-order valence-electron chi connectivity index (χ0n) is 7.38. The summed E-state index contributed by atoms with van der Waals surface area (Å²) in [5, 5.41) is 14.1. The number of rotatable bonds is 4. The normalized spacial score (nSPS) is 12.4. The number of nitrogens with one attached hydrogen (secondary N) is 1. The summed E-state index contributed by atoms with van der Waals surface area (Å²) in [7, 11) is 0. The first-order valence-electron chi connectivity index (χ1n) is 4.15. The minimum atomic E-state index is -0.156. The molecule has 1 unspecified atom stereocenters. The first-order chi connectivity index (χ1) is 6.27. The van der Waals surface area contributed by atoms with Gasteiger partial charge < -0.3 is 0 Å². The molecule has 1 rings (SSSR count). The van der Waals surface area contributed by atoms with E-state index in [0.29, 0.717) is 0 Å². The van der Waals surface area contributed by atoms with Gasteiger partial charge in [0.15, 0.2) is 0 Å². The Kier molecular flexibility index (Phi) is 4.43. The largest absolute Gasteiger partial charge is 0.298 e. The number of hydrogen-bond acceptors (Lipinski definition) is 3. The third-order valence-electron chi connectivity index (χ3n) is 1.60. The highest BCUT2D eigenvalue weighted by Gasteiger charge is 2.10. The molecule has 1 N–H and O–H groups in total. The van der Waals surface area contributed by atoms with Crippen molar-refractivity contribution < 1.29 is 0 Å². The van der Waals surface area contributed by atoms with Crippen LogP contribution in [0.25, 0.3) is 0 Å². The predicted molar refractivity (Wildman–Crippen MR) is 58.7 cm³/mol. The number of halogens is 1. The summed E-state index contributed by atoms with van der Waals surface area (Å²) < 4.78 is 1.05. The number of nitrogens with zero attached hydrogens (tertiary/aromatic N) is 1. The molecule has 0 aliphatic heterocycles. The predicted octanol–water partition coefficient (Wildman–Crippen LogP) is 3.07. The summed E-state index contributed by atoms with van der Waals surface area (Å²) in [6.45, 7) is 2.97. The lowest BCUT2D eigenvalue weighted by atomic mass is 10.2. The second-order valence-corrected chi connectivity index (χ2v) is 4.54. The zero-order valence-corrected chi connectivity index (χ0v) is 9.78. The second kappa shape index (κ2) is 5.38. The van der Waals surface area contributed by atoms with Crippen molar-refractivity contribution in [3.63, 3.8) is 0 Å². The smallest absolute Gasteiger partial charge is 0.130 e. The maximum atomic E-state index is 8.89. The third kappa shape index (κ3) is 3.11. The molecule has 70 valence electrons. The minimum Gasteiger partial charge on any atom is -0.298 e. The molecule has 0 aromatic carbocycles. The SMILES string of the molecule is CCCNC(C#N)c1cc(Br)cs1. The van der Waals surface area contributed by atoms with Crippen LogP contribution in [0, 0.1) is 11.3 Å². The van der Waals surface area contributed by atoms with Crippen LogP contribution >= 0.6 is 27.3 Å². The van der Waals surface area contributed by atoms with Crippen LogP contribution in [0.1, 0.15) is 24.3 Å². The maximum absolute atomic E-state index is 8.89. The highest BCUT2D eigenvalue weighted by molar-refractivity contribution is 9.10. The van der Waals surface area contributed by atoms with Crippen molar-refractivity contribution in [2.45, 2.75) is 19.4 Å². The van der Waals surface area contributed by atoms with Crippen LogP contribution < -0.4 is 5.32 Å². The molecule has 0 radical (unpaired) electrons. The average molecular weight is 259 g/mol. The van der Waals surface area contributed by atoms with E-state index >= 15 is 0 Å². The molecular formula is C9H11BrN2S. The minimum absolute atomic E-state index is 0.156. The molecule has 2 nitrogen and oxygen atoms in total. The van der Waals surface area contributed by atoms with E-state index in [4.69, 9.17) is 5.26 Å². The average Bonchev–Trinajstić information content (AvgIpc) is 2.54. The van der Waals surface area contributed by atoms with Crippen LogP contribution in [0.4, 0.5) is 0 Å². The molecule has 0 bridgehead atoms. The van der Waals surface area contributed by atoms with E-state index in [-0.39, 0.29) is 6.04 Å². The fourth-order valence-corrected chi connectivity index (χ4v) is 2.44. The van der Waals surface area contributed by atoms with E-state index < -0.39 is 0 Å². The van der Waals surface area contributed by atoms with Gasteiger partial charge in [-0.3, -0.25) is 5.32 Å². The molecule has 1 aromatic heterocycles. The first kappa shape index (κ1) is 10.7. The summed E-state index contributed by atoms with van der Waals surface area (Å²) in [5.74, 6) is 0. The topological polar surface area (TPSA) is 35.8 Å². The van der Waals surface area contributed by atoms with Gasteiger partial charge in [0.2, 0.25) is 0 Å². The Morgan fingerprint density at radius 3 is 3.00 bits per heavy atom. The van der Waals surface area contributed by atoms with Crippen LogP contribution in [0.15, 0.2) is 15.9 Å². The molecule has 0 spiro atoms. The molecule has 4 heteroatoms. The Balaban J connectivity index is 2.63. The summed E-state index contributed by atoms with van der Waals surface area (Å²) in [5.41, 5.74) is 0. The molecule has 13 heavy (non-hydrogen) atoms. The van der Waals surface area contributed by atoms with Crippen molar-refractivity contribution in [2.75, 3.05) is 6.54 Å². The molecule has 1 heterocycles. The van der Waals surface area contributed by atoms with E-state index in [1.807, 2.05) is 11.4 Å². The Labute approximate surface area is 90.7 Å². The van der Waals surface area contributed by atoms with Gasteiger partial charge in [0.25, 0.3) is 0 Å². The molecule has 1 aromatic rings. The number of nitriles is 1. The summed E-state index contributed by atoms with van der Waals surface area (Å²) in [6, 6.07) is 4.08. The molecule has 1 atom stereocenters. The Morgan fingerprint density at radius 2 is 2.54 bits per heavy atom. The fraction of sp³-hybridized carbons (Fsp3) is 0.444. The van der Waals surface area contributed by atoms with E-state index in [9.17, 15) is 0 Å². The highest BCUT2D eigenvalue weighted by atomic mass is 79.9. The second-order valence-electron chi connectivity index (χ2n) is 2.68. The Morgan fingerprint density at radius 1 is 1.77 bits per heavy atom. The van der Waals surface area contributed by atoms with E-state index in [2.05, 4.69) is 34.2 Å². The monoisotopic (exact) mass is 258 g/mol. The summed E-state index contributed by atoms with van der Waals surface area (Å²) in [4.78, 5) is 1.07. The molecule has 0 saturated carbocycles. The molecule has 0 amide bonds. The molecular weight excluding hydrogens is 248 g/mol. The van der Waals surface area contributed by atoms with E-state index in [1.54, 1.807) is 11.3 Å². The Bertz CT molecular complexity index is 303. The molecule has 0 aliphatic carbocycles. The van der Waals surface area contributed by atoms with Gasteiger partial charge in [0.05, 0.1) is 6.07 Å². The highest BCUT2D eigenvalue weighted by Crippen LogP contribution is 2.25. The van der Waals surface area contributed by atoms with Crippen molar-refractivity contribution >= 4 is 27.3 Å². The van der Waals surface area contributed by atoms with Gasteiger partial charge in [-0.05, 0) is 35.0 Å². The van der Waals surface area contributed by atoms with Gasteiger partial charge in [-0.1, -0.05) is 6.92 Å². The van der Waals surface area contributed by atoms with Gasteiger partial charge in [-0.15, -0.1) is 11.3 Å². The van der Waals surface area contributed by atoms with E-state index in [1.165, 1.54) is 0 Å². The van der Waals surface area contributed by atoms with Crippen molar-refractivity contribution in [3.05, 3.63) is 20.8 Å². The number of thiophene rings is 1. The summed E-state index contributed by atoms with van der Waals surface area (Å²) in [6.07, 6.45) is 1.05. The lowest BCUT2D eigenvalue weighted by Gasteiger charge is -2.07. The quantitative estimate of drug-likeness (QED) is 0.901. The fourth-order valence-electron chi connectivity index (χ4n) is 0.978. The van der Waals surface area contributed by atoms with Crippen molar-refractivity contribution in [1.29, 1.82) is 5.26 Å². The third-order valence-corrected chi connectivity index (χ3v) is 3.36.